The Balaban J connectivity index is 2.50. The van der Waals surface area contributed by atoms with Crippen LogP contribution in [0.15, 0.2) is 36.5 Å². The number of aliphatic carboxylic acids is 1. The number of benzene rings is 1. The maximum absolute atomic E-state index is 12.3. The summed E-state index contributed by atoms with van der Waals surface area (Å²) in [6.07, 6.45) is 1.53. The number of aromatic nitrogens is 1. The van der Waals surface area contributed by atoms with E-state index in [4.69, 9.17) is 5.11 Å². The normalized spacial score (nSPS) is 12.5. The molecule has 2 rings (SSSR count). The molecule has 0 aliphatic carbocycles. The number of rotatable bonds is 4. The average Bonchev–Trinajstić information content (AvgIpc) is 2.38. The van der Waals surface area contributed by atoms with Gasteiger partial charge < -0.3 is 5.11 Å². The Hall–Kier alpha value is -1.95. The third-order valence-corrected chi connectivity index (χ3v) is 5.80. The minimum Gasteiger partial charge on any atom is -0.480 e. The van der Waals surface area contributed by atoms with Crippen LogP contribution < -0.4 is 0 Å². The summed E-state index contributed by atoms with van der Waals surface area (Å²) in [5.41, 5.74) is 1.25. The molecule has 1 aromatic heterocycles. The first-order valence-electron chi connectivity index (χ1n) is 6.04. The minimum absolute atomic E-state index is 0.324. The number of sulfone groups is 1. The number of hydrogen-bond acceptors (Lipinski definition) is 4. The zero-order valence-corrected chi connectivity index (χ0v) is 12.0. The molecule has 5 nitrogen and oxygen atoms in total. The second kappa shape index (κ2) is 4.86. The summed E-state index contributed by atoms with van der Waals surface area (Å²) in [7, 11) is -3.83. The van der Waals surface area contributed by atoms with E-state index >= 15 is 0 Å². The quantitative estimate of drug-likeness (QED) is 0.932. The summed E-state index contributed by atoms with van der Waals surface area (Å²) < 4.78 is 22.8. The molecule has 0 spiro atoms. The van der Waals surface area contributed by atoms with Gasteiger partial charge in [-0.1, -0.05) is 18.2 Å². The van der Waals surface area contributed by atoms with Crippen molar-refractivity contribution in [2.24, 2.45) is 0 Å². The van der Waals surface area contributed by atoms with Crippen LogP contribution in [0.5, 0.6) is 0 Å². The summed E-state index contributed by atoms with van der Waals surface area (Å²) in [6, 6.07) is 8.78. The Labute approximate surface area is 117 Å². The highest BCUT2D eigenvalue weighted by atomic mass is 32.2. The largest absolute Gasteiger partial charge is 0.480 e. The average molecular weight is 293 g/mol. The molecule has 106 valence electrons. The summed E-state index contributed by atoms with van der Waals surface area (Å²) >= 11 is 0. The summed E-state index contributed by atoms with van der Waals surface area (Å²) in [5, 5.41) is 9.80. The van der Waals surface area contributed by atoms with Crippen molar-refractivity contribution in [3.05, 3.63) is 42.1 Å². The molecule has 0 bridgehead atoms. The Morgan fingerprint density at radius 3 is 2.55 bits per heavy atom. The first-order valence-corrected chi connectivity index (χ1v) is 7.69. The molecule has 1 N–H and O–H groups in total. The van der Waals surface area contributed by atoms with Crippen molar-refractivity contribution >= 4 is 26.7 Å². The van der Waals surface area contributed by atoms with E-state index in [1.54, 1.807) is 24.3 Å². The smallest absolute Gasteiger partial charge is 0.324 e. The Kier molecular flexibility index (Phi) is 3.52. The molecule has 0 atom stereocenters. The van der Waals surface area contributed by atoms with Gasteiger partial charge in [0.1, 0.15) is 0 Å². The predicted octanol–water partition coefficient (Wildman–Crippen LogP) is 2.01. The highest BCUT2D eigenvalue weighted by Crippen LogP contribution is 2.25. The van der Waals surface area contributed by atoms with Crippen LogP contribution in [0.2, 0.25) is 0 Å². The predicted molar refractivity (Wildman–Crippen MR) is 76.1 cm³/mol. The molecule has 20 heavy (non-hydrogen) atoms. The maximum Gasteiger partial charge on any atom is 0.324 e. The lowest BCUT2D eigenvalue weighted by Gasteiger charge is -2.20. The van der Waals surface area contributed by atoms with Gasteiger partial charge in [0, 0.05) is 11.6 Å². The lowest BCUT2D eigenvalue weighted by Crippen LogP contribution is -2.41. The van der Waals surface area contributed by atoms with E-state index in [0.717, 1.165) is 5.39 Å². The molecule has 0 radical (unpaired) electrons. The van der Waals surface area contributed by atoms with Crippen LogP contribution in [0.1, 0.15) is 19.4 Å². The molecule has 0 aliphatic rings. The fraction of sp³-hybridized carbons (Fsp3) is 0.286. The zero-order chi connectivity index (χ0) is 15.0. The van der Waals surface area contributed by atoms with Gasteiger partial charge in [-0.25, -0.2) is 8.42 Å². The number of carboxylic acids is 1. The molecule has 1 aromatic carbocycles. The highest BCUT2D eigenvalue weighted by Gasteiger charge is 2.41. The second-order valence-corrected chi connectivity index (χ2v) is 7.60. The van der Waals surface area contributed by atoms with Gasteiger partial charge in [-0.15, -0.1) is 0 Å². The summed E-state index contributed by atoms with van der Waals surface area (Å²) in [5.74, 6) is -1.68. The lowest BCUT2D eigenvalue weighted by atomic mass is 10.1. The van der Waals surface area contributed by atoms with Crippen molar-refractivity contribution in [1.82, 2.24) is 4.98 Å². The Morgan fingerprint density at radius 1 is 1.25 bits per heavy atom. The monoisotopic (exact) mass is 293 g/mol. The van der Waals surface area contributed by atoms with E-state index in [2.05, 4.69) is 4.98 Å². The molecule has 0 saturated heterocycles. The van der Waals surface area contributed by atoms with Crippen LogP contribution >= 0.6 is 0 Å². The Morgan fingerprint density at radius 2 is 1.90 bits per heavy atom. The minimum atomic E-state index is -3.83. The lowest BCUT2D eigenvalue weighted by molar-refractivity contribution is -0.139. The highest BCUT2D eigenvalue weighted by molar-refractivity contribution is 7.92. The molecule has 0 unspecified atom stereocenters. The molecule has 0 aliphatic heterocycles. The third kappa shape index (κ3) is 2.38. The Bertz CT molecular complexity index is 760. The number of hydrogen-bond donors (Lipinski definition) is 1. The molecule has 0 amide bonds. The van der Waals surface area contributed by atoms with Crippen molar-refractivity contribution in [1.29, 1.82) is 0 Å². The van der Waals surface area contributed by atoms with Gasteiger partial charge in [0.2, 0.25) is 0 Å². The van der Waals surface area contributed by atoms with Crippen molar-refractivity contribution in [3.8, 4) is 0 Å². The number of pyridine rings is 1. The van der Waals surface area contributed by atoms with Gasteiger partial charge in [0.15, 0.2) is 14.6 Å². The van der Waals surface area contributed by atoms with Gasteiger partial charge in [0.25, 0.3) is 0 Å². The number of carbonyl (C=O) groups is 1. The van der Waals surface area contributed by atoms with E-state index in [0.29, 0.717) is 11.1 Å². The standard InChI is InChI=1S/C14H15NO4S/c1-14(2,13(16)17)20(18,19)9-10-7-8-15-12-6-4-3-5-11(10)12/h3-8H,9H2,1-2H3,(H,16,17). The van der Waals surface area contributed by atoms with E-state index in [-0.39, 0.29) is 5.75 Å². The maximum atomic E-state index is 12.3. The topological polar surface area (TPSA) is 84.3 Å². The summed E-state index contributed by atoms with van der Waals surface area (Å²) in [6.45, 7) is 2.40. The molecular weight excluding hydrogens is 278 g/mol. The van der Waals surface area contributed by atoms with E-state index in [1.807, 2.05) is 6.07 Å². The van der Waals surface area contributed by atoms with Crippen molar-refractivity contribution in [2.75, 3.05) is 0 Å². The number of nitrogens with zero attached hydrogens (tertiary/aromatic N) is 1. The molecule has 1 heterocycles. The van der Waals surface area contributed by atoms with E-state index in [9.17, 15) is 13.2 Å². The van der Waals surface area contributed by atoms with Crippen LogP contribution in [-0.2, 0) is 20.4 Å². The van der Waals surface area contributed by atoms with Crippen LogP contribution in [0, 0.1) is 0 Å². The van der Waals surface area contributed by atoms with Gasteiger partial charge in [-0.2, -0.15) is 0 Å². The van der Waals surface area contributed by atoms with Crippen molar-refractivity contribution in [3.63, 3.8) is 0 Å². The molecule has 2 aromatic rings. The van der Waals surface area contributed by atoms with Gasteiger partial charge in [-0.3, -0.25) is 9.78 Å². The third-order valence-electron chi connectivity index (χ3n) is 3.38. The summed E-state index contributed by atoms with van der Waals surface area (Å²) in [4.78, 5) is 15.3. The second-order valence-electron chi connectivity index (χ2n) is 5.06. The van der Waals surface area contributed by atoms with Gasteiger partial charge in [-0.05, 0) is 31.5 Å². The number of fused-ring (bicyclic) bond motifs is 1. The van der Waals surface area contributed by atoms with Crippen LogP contribution in [0.3, 0.4) is 0 Å². The zero-order valence-electron chi connectivity index (χ0n) is 11.2. The van der Waals surface area contributed by atoms with Crippen LogP contribution in [0.25, 0.3) is 10.9 Å². The fourth-order valence-corrected chi connectivity index (χ4v) is 3.09. The van der Waals surface area contributed by atoms with E-state index < -0.39 is 20.6 Å². The molecule has 6 heteroatoms. The first kappa shape index (κ1) is 14.5. The van der Waals surface area contributed by atoms with E-state index in [1.165, 1.54) is 20.0 Å². The fourth-order valence-electron chi connectivity index (χ4n) is 1.80. The van der Waals surface area contributed by atoms with Crippen LogP contribution in [-0.4, -0.2) is 29.2 Å². The van der Waals surface area contributed by atoms with Gasteiger partial charge in [0.05, 0.1) is 11.3 Å². The number of para-hydroxylation sites is 1. The first-order chi connectivity index (χ1) is 9.25. The SMILES string of the molecule is CC(C)(C(=O)O)S(=O)(=O)Cc1ccnc2ccccc12. The van der Waals surface area contributed by atoms with Crippen LogP contribution in [0.4, 0.5) is 0 Å². The van der Waals surface area contributed by atoms with Crippen molar-refractivity contribution in [2.45, 2.75) is 24.3 Å². The molecule has 0 saturated carbocycles. The van der Waals surface area contributed by atoms with Gasteiger partial charge >= 0.3 is 5.97 Å². The van der Waals surface area contributed by atoms with Crippen molar-refractivity contribution < 1.29 is 18.3 Å². The molecule has 0 fully saturated rings. The molecular formula is C14H15NO4S. The number of carboxylic acid groups (broad SMARTS) is 1.